The zero-order valence-corrected chi connectivity index (χ0v) is 17.3. The number of carbonyl (C=O) groups excluding carboxylic acids is 3. The number of H-pyrrole nitrogens is 1. The Morgan fingerprint density at radius 1 is 1.14 bits per heavy atom. The predicted molar refractivity (Wildman–Crippen MR) is 109 cm³/mol. The number of benzene rings is 1. The smallest absolute Gasteiger partial charge is 0.325 e. The minimum atomic E-state index is -0.606. The van der Waals surface area contributed by atoms with E-state index in [1.165, 1.54) is 0 Å². The first-order chi connectivity index (χ1) is 13.0. The number of aromatic amines is 1. The molecule has 0 bridgehead atoms. The normalized spacial score (nSPS) is 12.8. The molecular formula is C22H30N2O4. The van der Waals surface area contributed by atoms with Crippen LogP contribution in [0.25, 0.3) is 10.9 Å². The third-order valence-electron chi connectivity index (χ3n) is 4.22. The van der Waals surface area contributed by atoms with E-state index in [-0.39, 0.29) is 30.6 Å². The number of amides is 1. The monoisotopic (exact) mass is 386 g/mol. The molecule has 2 aromatic rings. The highest BCUT2D eigenvalue weighted by Crippen LogP contribution is 2.21. The van der Waals surface area contributed by atoms with Gasteiger partial charge in [0.15, 0.2) is 5.78 Å². The molecule has 0 saturated heterocycles. The van der Waals surface area contributed by atoms with Crippen molar-refractivity contribution in [3.05, 3.63) is 36.0 Å². The molecule has 152 valence electrons. The van der Waals surface area contributed by atoms with Crippen molar-refractivity contribution in [2.75, 3.05) is 6.54 Å². The molecule has 6 nitrogen and oxygen atoms in total. The molecule has 0 spiro atoms. The van der Waals surface area contributed by atoms with E-state index < -0.39 is 17.5 Å². The number of fused-ring (bicyclic) bond motifs is 1. The largest absolute Gasteiger partial charge is 0.459 e. The topological polar surface area (TPSA) is 88.3 Å². The van der Waals surface area contributed by atoms with Crippen LogP contribution in [0, 0.1) is 11.8 Å². The average molecular weight is 386 g/mol. The van der Waals surface area contributed by atoms with Gasteiger partial charge in [-0.25, -0.2) is 0 Å². The fourth-order valence-corrected chi connectivity index (χ4v) is 3.09. The number of para-hydroxylation sites is 1. The third-order valence-corrected chi connectivity index (χ3v) is 4.22. The van der Waals surface area contributed by atoms with Crippen molar-refractivity contribution in [1.29, 1.82) is 0 Å². The van der Waals surface area contributed by atoms with Crippen LogP contribution in [0.5, 0.6) is 0 Å². The van der Waals surface area contributed by atoms with Crippen LogP contribution in [0.1, 0.15) is 57.9 Å². The number of hydrogen-bond acceptors (Lipinski definition) is 4. The quantitative estimate of drug-likeness (QED) is 0.533. The van der Waals surface area contributed by atoms with Crippen molar-refractivity contribution >= 4 is 28.6 Å². The first kappa shape index (κ1) is 21.7. The molecule has 0 aliphatic carbocycles. The molecule has 0 unspecified atom stereocenters. The highest BCUT2D eigenvalue weighted by atomic mass is 16.6. The first-order valence-electron chi connectivity index (χ1n) is 9.65. The van der Waals surface area contributed by atoms with Crippen LogP contribution >= 0.6 is 0 Å². The zero-order valence-electron chi connectivity index (χ0n) is 17.3. The van der Waals surface area contributed by atoms with Gasteiger partial charge in [-0.05, 0) is 45.2 Å². The Labute approximate surface area is 166 Å². The molecule has 1 atom stereocenters. The number of rotatable bonds is 8. The molecule has 1 amide bonds. The number of hydrogen-bond donors (Lipinski definition) is 2. The lowest BCUT2D eigenvalue weighted by Crippen LogP contribution is -2.38. The van der Waals surface area contributed by atoms with Crippen molar-refractivity contribution in [3.8, 4) is 0 Å². The summed E-state index contributed by atoms with van der Waals surface area (Å²) in [5.74, 6) is -1.17. The van der Waals surface area contributed by atoms with E-state index in [0.29, 0.717) is 12.1 Å². The Morgan fingerprint density at radius 3 is 2.43 bits per heavy atom. The fourth-order valence-electron chi connectivity index (χ4n) is 3.09. The van der Waals surface area contributed by atoms with Crippen LogP contribution in [0.2, 0.25) is 0 Å². The van der Waals surface area contributed by atoms with E-state index in [1.54, 1.807) is 20.8 Å². The highest BCUT2D eigenvalue weighted by molar-refractivity contribution is 6.01. The summed E-state index contributed by atoms with van der Waals surface area (Å²) in [4.78, 5) is 40.3. The van der Waals surface area contributed by atoms with Gasteiger partial charge in [-0.15, -0.1) is 0 Å². The molecule has 2 N–H and O–H groups in total. The van der Waals surface area contributed by atoms with Crippen molar-refractivity contribution in [2.24, 2.45) is 11.8 Å². The van der Waals surface area contributed by atoms with Gasteiger partial charge in [0.05, 0.1) is 5.69 Å². The Balaban J connectivity index is 2.02. The minimum Gasteiger partial charge on any atom is -0.459 e. The van der Waals surface area contributed by atoms with Gasteiger partial charge >= 0.3 is 5.97 Å². The van der Waals surface area contributed by atoms with Crippen LogP contribution in [0.3, 0.4) is 0 Å². The third kappa shape index (κ3) is 6.51. The number of esters is 1. The summed E-state index contributed by atoms with van der Waals surface area (Å²) in [6, 6.07) is 9.46. The number of ether oxygens (including phenoxy) is 1. The van der Waals surface area contributed by atoms with Gasteiger partial charge in [0.2, 0.25) is 5.91 Å². The molecule has 0 saturated carbocycles. The van der Waals surface area contributed by atoms with Crippen LogP contribution in [0.4, 0.5) is 0 Å². The van der Waals surface area contributed by atoms with Crippen molar-refractivity contribution in [1.82, 2.24) is 10.3 Å². The Hall–Kier alpha value is -2.63. The van der Waals surface area contributed by atoms with Gasteiger partial charge in [0.25, 0.3) is 0 Å². The summed E-state index contributed by atoms with van der Waals surface area (Å²) in [6.07, 6.45) is 0.650. The summed E-state index contributed by atoms with van der Waals surface area (Å²) >= 11 is 0. The molecule has 28 heavy (non-hydrogen) atoms. The van der Waals surface area contributed by atoms with Crippen LogP contribution in [-0.4, -0.2) is 34.8 Å². The van der Waals surface area contributed by atoms with Gasteiger partial charge in [-0.3, -0.25) is 14.4 Å². The molecule has 1 heterocycles. The molecule has 1 aromatic heterocycles. The van der Waals surface area contributed by atoms with E-state index in [0.717, 1.165) is 10.9 Å². The van der Waals surface area contributed by atoms with Crippen molar-refractivity contribution in [2.45, 2.75) is 53.1 Å². The van der Waals surface area contributed by atoms with Gasteiger partial charge in [0.1, 0.15) is 12.1 Å². The highest BCUT2D eigenvalue weighted by Gasteiger charge is 2.25. The number of carbonyl (C=O) groups is 3. The number of ketones is 1. The second-order valence-electron chi connectivity index (χ2n) is 8.53. The predicted octanol–water partition coefficient (Wildman–Crippen LogP) is 3.86. The van der Waals surface area contributed by atoms with E-state index in [9.17, 15) is 14.4 Å². The fraction of sp³-hybridized carbons (Fsp3) is 0.500. The maximum atomic E-state index is 12.7. The Morgan fingerprint density at radius 2 is 1.82 bits per heavy atom. The zero-order chi connectivity index (χ0) is 20.9. The molecule has 2 rings (SSSR count). The lowest BCUT2D eigenvalue weighted by molar-refractivity contribution is -0.154. The van der Waals surface area contributed by atoms with E-state index in [2.05, 4.69) is 10.3 Å². The Bertz CT molecular complexity index is 813. The van der Waals surface area contributed by atoms with E-state index in [4.69, 9.17) is 4.74 Å². The van der Waals surface area contributed by atoms with Crippen LogP contribution < -0.4 is 5.32 Å². The second kappa shape index (κ2) is 9.04. The second-order valence-corrected chi connectivity index (χ2v) is 8.53. The van der Waals surface area contributed by atoms with Gasteiger partial charge in [-0.1, -0.05) is 32.0 Å². The van der Waals surface area contributed by atoms with Gasteiger partial charge in [0, 0.05) is 23.2 Å². The van der Waals surface area contributed by atoms with Gasteiger partial charge < -0.3 is 15.0 Å². The Kier molecular flexibility index (Phi) is 7.00. The maximum Gasteiger partial charge on any atom is 0.325 e. The summed E-state index contributed by atoms with van der Waals surface area (Å²) in [5.41, 5.74) is 0.778. The average Bonchev–Trinajstić information content (AvgIpc) is 3.01. The number of Topliss-reactive ketones (excluding diaryl/α,β-unsaturated/α-hetero) is 1. The maximum absolute atomic E-state index is 12.7. The molecule has 0 fully saturated rings. The minimum absolute atomic E-state index is 0.0884. The molecule has 0 aliphatic heterocycles. The summed E-state index contributed by atoms with van der Waals surface area (Å²) in [5, 5.41) is 3.58. The van der Waals surface area contributed by atoms with Crippen molar-refractivity contribution < 1.29 is 19.1 Å². The molecule has 1 aromatic carbocycles. The molecule has 6 heteroatoms. The number of aromatic nitrogens is 1. The molecule has 0 aliphatic rings. The van der Waals surface area contributed by atoms with Crippen LogP contribution in [0.15, 0.2) is 30.3 Å². The summed E-state index contributed by atoms with van der Waals surface area (Å²) in [7, 11) is 0. The van der Waals surface area contributed by atoms with E-state index in [1.807, 2.05) is 44.2 Å². The summed E-state index contributed by atoms with van der Waals surface area (Å²) < 4.78 is 5.21. The lowest BCUT2D eigenvalue weighted by Gasteiger charge is -2.21. The number of nitrogens with one attached hydrogen (secondary N) is 2. The molecular weight excluding hydrogens is 356 g/mol. The van der Waals surface area contributed by atoms with Gasteiger partial charge in [-0.2, -0.15) is 0 Å². The first-order valence-corrected chi connectivity index (χ1v) is 9.65. The standard InChI is InChI=1S/C22H30N2O4/c1-14(2)10-16(21(27)23-13-20(26)28-22(3,4)5)12-19(25)18-11-15-8-6-7-9-17(15)24-18/h6-9,11,14,16,24H,10,12-13H2,1-5H3,(H,23,27)/t16-/m1/s1. The lowest BCUT2D eigenvalue weighted by atomic mass is 9.91. The SMILES string of the molecule is CC(C)C[C@H](CC(=O)c1cc2ccccc2[nH]1)C(=O)NCC(=O)OC(C)(C)C. The van der Waals surface area contributed by atoms with E-state index >= 15 is 0 Å². The summed E-state index contributed by atoms with van der Waals surface area (Å²) in [6.45, 7) is 9.11. The van der Waals surface area contributed by atoms with Crippen molar-refractivity contribution in [3.63, 3.8) is 0 Å². The molecule has 0 radical (unpaired) electrons. The van der Waals surface area contributed by atoms with Crippen LogP contribution in [-0.2, 0) is 14.3 Å².